The second-order valence-corrected chi connectivity index (χ2v) is 6.59. The Balaban J connectivity index is 2.13. The summed E-state index contributed by atoms with van der Waals surface area (Å²) in [6.07, 6.45) is 0.889. The Hall–Kier alpha value is -0.440. The standard InChI is InChI=1S/C14H10BrClS/c15-10-5-6-13-9(7-10)8-12(16)11-3-1-2-4-14(11)17-13/h1-7,12H,8H2. The van der Waals surface area contributed by atoms with Gasteiger partial charge in [-0.1, -0.05) is 45.9 Å². The highest BCUT2D eigenvalue weighted by atomic mass is 79.9. The summed E-state index contributed by atoms with van der Waals surface area (Å²) < 4.78 is 1.12. The number of alkyl halides is 1. The average molecular weight is 326 g/mol. The first-order chi connectivity index (χ1) is 8.24. The maximum absolute atomic E-state index is 6.50. The van der Waals surface area contributed by atoms with Gasteiger partial charge in [-0.05, 0) is 41.8 Å². The Bertz CT molecular complexity index is 568. The van der Waals surface area contributed by atoms with Crippen LogP contribution >= 0.6 is 39.3 Å². The minimum Gasteiger partial charge on any atom is -0.117 e. The van der Waals surface area contributed by atoms with Crippen LogP contribution in [0.15, 0.2) is 56.7 Å². The van der Waals surface area contributed by atoms with Crippen LogP contribution in [-0.4, -0.2) is 0 Å². The third-order valence-corrected chi connectivity index (χ3v) is 4.99. The molecule has 0 fully saturated rings. The maximum atomic E-state index is 6.50. The molecular formula is C14H10BrClS. The van der Waals surface area contributed by atoms with E-state index in [1.165, 1.54) is 20.9 Å². The third-order valence-electron chi connectivity index (χ3n) is 2.90. The molecule has 1 heterocycles. The quantitative estimate of drug-likeness (QED) is 0.581. The minimum atomic E-state index is 0.0641. The zero-order valence-electron chi connectivity index (χ0n) is 8.99. The number of fused-ring (bicyclic) bond motifs is 2. The molecule has 0 saturated heterocycles. The molecule has 2 aromatic rings. The summed E-state index contributed by atoms with van der Waals surface area (Å²) >= 11 is 11.8. The lowest BCUT2D eigenvalue weighted by atomic mass is 10.0. The van der Waals surface area contributed by atoms with Crippen LogP contribution in [-0.2, 0) is 6.42 Å². The molecule has 1 unspecified atom stereocenters. The Morgan fingerprint density at radius 3 is 2.82 bits per heavy atom. The second kappa shape index (κ2) is 4.68. The van der Waals surface area contributed by atoms with E-state index in [0.29, 0.717) is 0 Å². The van der Waals surface area contributed by atoms with E-state index in [9.17, 15) is 0 Å². The molecule has 1 aliphatic rings. The number of hydrogen-bond donors (Lipinski definition) is 0. The van der Waals surface area contributed by atoms with Gasteiger partial charge < -0.3 is 0 Å². The van der Waals surface area contributed by atoms with Crippen molar-refractivity contribution < 1.29 is 0 Å². The lowest BCUT2D eigenvalue weighted by Gasteiger charge is -2.09. The Morgan fingerprint density at radius 2 is 1.94 bits per heavy atom. The van der Waals surface area contributed by atoms with Gasteiger partial charge in [0.1, 0.15) is 0 Å². The first-order valence-electron chi connectivity index (χ1n) is 5.43. The molecule has 0 spiro atoms. The number of rotatable bonds is 0. The lowest BCUT2D eigenvalue weighted by Crippen LogP contribution is -1.95. The molecule has 0 N–H and O–H groups in total. The highest BCUT2D eigenvalue weighted by molar-refractivity contribution is 9.10. The molecule has 86 valence electrons. The van der Waals surface area contributed by atoms with E-state index in [4.69, 9.17) is 11.6 Å². The van der Waals surface area contributed by atoms with Gasteiger partial charge in [-0.25, -0.2) is 0 Å². The van der Waals surface area contributed by atoms with Crippen molar-refractivity contribution in [3.63, 3.8) is 0 Å². The molecular weight excluding hydrogens is 316 g/mol. The smallest absolute Gasteiger partial charge is 0.0637 e. The van der Waals surface area contributed by atoms with Crippen molar-refractivity contribution in [3.8, 4) is 0 Å². The van der Waals surface area contributed by atoms with Crippen LogP contribution < -0.4 is 0 Å². The highest BCUT2D eigenvalue weighted by Gasteiger charge is 2.20. The van der Waals surface area contributed by atoms with Crippen LogP contribution in [0.2, 0.25) is 0 Å². The fourth-order valence-electron chi connectivity index (χ4n) is 2.06. The largest absolute Gasteiger partial charge is 0.117 e. The van der Waals surface area contributed by atoms with E-state index in [1.54, 1.807) is 0 Å². The van der Waals surface area contributed by atoms with Crippen molar-refractivity contribution in [1.29, 1.82) is 0 Å². The molecule has 0 amide bonds. The number of hydrogen-bond acceptors (Lipinski definition) is 1. The summed E-state index contributed by atoms with van der Waals surface area (Å²) in [7, 11) is 0. The molecule has 1 aliphatic heterocycles. The molecule has 3 heteroatoms. The van der Waals surface area contributed by atoms with Gasteiger partial charge in [0, 0.05) is 14.3 Å². The molecule has 17 heavy (non-hydrogen) atoms. The zero-order chi connectivity index (χ0) is 11.8. The van der Waals surface area contributed by atoms with E-state index in [1.807, 2.05) is 11.8 Å². The normalized spacial score (nSPS) is 18.1. The van der Waals surface area contributed by atoms with Crippen LogP contribution in [0.4, 0.5) is 0 Å². The van der Waals surface area contributed by atoms with E-state index in [0.717, 1.165) is 10.9 Å². The van der Waals surface area contributed by atoms with Gasteiger partial charge in [-0.3, -0.25) is 0 Å². The van der Waals surface area contributed by atoms with E-state index >= 15 is 0 Å². The first kappa shape index (κ1) is 11.6. The molecule has 0 nitrogen and oxygen atoms in total. The number of halogens is 2. The monoisotopic (exact) mass is 324 g/mol. The lowest BCUT2D eigenvalue weighted by molar-refractivity contribution is 0.890. The SMILES string of the molecule is ClC1Cc2cc(Br)ccc2Sc2ccccc21. The van der Waals surface area contributed by atoms with Crippen LogP contribution in [0, 0.1) is 0 Å². The van der Waals surface area contributed by atoms with Crippen molar-refractivity contribution in [1.82, 2.24) is 0 Å². The zero-order valence-corrected chi connectivity index (χ0v) is 12.1. The maximum Gasteiger partial charge on any atom is 0.0637 e. The van der Waals surface area contributed by atoms with E-state index in [-0.39, 0.29) is 5.38 Å². The van der Waals surface area contributed by atoms with Gasteiger partial charge in [0.05, 0.1) is 5.38 Å². The fraction of sp³-hybridized carbons (Fsp3) is 0.143. The molecule has 0 radical (unpaired) electrons. The topological polar surface area (TPSA) is 0 Å². The Kier molecular flexibility index (Phi) is 3.20. The van der Waals surface area contributed by atoms with Crippen LogP contribution in [0.25, 0.3) is 0 Å². The Morgan fingerprint density at radius 1 is 1.12 bits per heavy atom. The predicted octanol–water partition coefficient (Wildman–Crippen LogP) is 5.44. The molecule has 0 aromatic heterocycles. The summed E-state index contributed by atoms with van der Waals surface area (Å²) in [6.45, 7) is 0. The molecule has 0 bridgehead atoms. The molecule has 1 atom stereocenters. The second-order valence-electron chi connectivity index (χ2n) is 4.06. The van der Waals surface area contributed by atoms with Crippen molar-refractivity contribution in [2.24, 2.45) is 0 Å². The molecule has 0 aliphatic carbocycles. The minimum absolute atomic E-state index is 0.0641. The Labute approximate surface area is 119 Å². The molecule has 3 rings (SSSR count). The van der Waals surface area contributed by atoms with E-state index in [2.05, 4.69) is 58.4 Å². The van der Waals surface area contributed by atoms with Crippen LogP contribution in [0.1, 0.15) is 16.5 Å². The highest BCUT2D eigenvalue weighted by Crippen LogP contribution is 2.43. The summed E-state index contributed by atoms with van der Waals surface area (Å²) in [5.74, 6) is 0. The summed E-state index contributed by atoms with van der Waals surface area (Å²) in [6, 6.07) is 14.8. The molecule has 0 saturated carbocycles. The molecule has 2 aromatic carbocycles. The van der Waals surface area contributed by atoms with Gasteiger partial charge in [0.2, 0.25) is 0 Å². The van der Waals surface area contributed by atoms with E-state index < -0.39 is 0 Å². The van der Waals surface area contributed by atoms with Crippen molar-refractivity contribution in [2.45, 2.75) is 21.6 Å². The van der Waals surface area contributed by atoms with Gasteiger partial charge in [-0.15, -0.1) is 11.6 Å². The predicted molar refractivity (Wildman–Crippen MR) is 77.0 cm³/mol. The first-order valence-corrected chi connectivity index (χ1v) is 7.48. The van der Waals surface area contributed by atoms with Gasteiger partial charge in [0.15, 0.2) is 0 Å². The van der Waals surface area contributed by atoms with Crippen LogP contribution in [0.5, 0.6) is 0 Å². The van der Waals surface area contributed by atoms with Crippen molar-refractivity contribution in [3.05, 3.63) is 58.1 Å². The van der Waals surface area contributed by atoms with Gasteiger partial charge in [-0.2, -0.15) is 0 Å². The summed E-state index contributed by atoms with van der Waals surface area (Å²) in [5.41, 5.74) is 2.56. The average Bonchev–Trinajstić information content (AvgIpc) is 2.46. The van der Waals surface area contributed by atoms with Gasteiger partial charge in [0.25, 0.3) is 0 Å². The van der Waals surface area contributed by atoms with Crippen molar-refractivity contribution >= 4 is 39.3 Å². The third kappa shape index (κ3) is 2.26. The summed E-state index contributed by atoms with van der Waals surface area (Å²) in [5, 5.41) is 0.0641. The van der Waals surface area contributed by atoms with Crippen LogP contribution in [0.3, 0.4) is 0 Å². The fourth-order valence-corrected chi connectivity index (χ4v) is 4.01. The summed E-state index contributed by atoms with van der Waals surface area (Å²) in [4.78, 5) is 2.58. The van der Waals surface area contributed by atoms with Crippen molar-refractivity contribution in [2.75, 3.05) is 0 Å². The van der Waals surface area contributed by atoms with Gasteiger partial charge >= 0.3 is 0 Å². The number of benzene rings is 2.